The quantitative estimate of drug-likeness (QED) is 0.574. The molecule has 2 N–H and O–H groups in total. The van der Waals surface area contributed by atoms with Crippen LogP contribution in [-0.4, -0.2) is 38.6 Å². The number of methoxy groups -OCH3 is 2. The average Bonchev–Trinajstić information content (AvgIpc) is 2.75. The number of carbonyl (C=O) groups is 2. The monoisotopic (exact) mass is 443 g/mol. The maximum Gasteiger partial charge on any atom is 0.251 e. The minimum absolute atomic E-state index is 0.120. The number of hydrogen-bond donors (Lipinski definition) is 2. The largest absolute Gasteiger partial charge is 0.496 e. The van der Waals surface area contributed by atoms with Crippen LogP contribution in [0.1, 0.15) is 30.6 Å². The van der Waals surface area contributed by atoms with Crippen molar-refractivity contribution in [3.8, 4) is 28.7 Å². The molecule has 0 aliphatic heterocycles. The number of carbonyl (C=O) groups excluding carboxylic acids is 2. The zero-order chi connectivity index (χ0) is 23.0. The van der Waals surface area contributed by atoms with E-state index in [4.69, 9.17) is 26.3 Å². The highest BCUT2D eigenvalue weighted by Crippen LogP contribution is 2.41. The lowest BCUT2D eigenvalue weighted by Crippen LogP contribution is -2.47. The van der Waals surface area contributed by atoms with Crippen LogP contribution in [0.25, 0.3) is 11.1 Å². The molecule has 2 aromatic rings. The van der Waals surface area contributed by atoms with Gasteiger partial charge in [0.15, 0.2) is 0 Å². The van der Waals surface area contributed by atoms with Gasteiger partial charge < -0.3 is 20.1 Å². The maximum atomic E-state index is 12.8. The fraction of sp³-hybridized carbons (Fsp3) is 0.348. The molecule has 7 nitrogen and oxygen atoms in total. The van der Waals surface area contributed by atoms with Crippen LogP contribution in [-0.2, 0) is 4.79 Å². The van der Waals surface area contributed by atoms with Crippen molar-refractivity contribution in [2.75, 3.05) is 20.8 Å². The molecule has 8 heteroatoms. The van der Waals surface area contributed by atoms with Crippen molar-refractivity contribution in [1.82, 2.24) is 10.6 Å². The number of hydrogen-bond acceptors (Lipinski definition) is 5. The first-order valence-electron chi connectivity index (χ1n) is 9.78. The van der Waals surface area contributed by atoms with Crippen LogP contribution in [0.4, 0.5) is 0 Å². The lowest BCUT2D eigenvalue weighted by atomic mass is 10.00. The molecule has 0 unspecified atom stereocenters. The van der Waals surface area contributed by atoms with Gasteiger partial charge in [-0.15, -0.1) is 0 Å². The smallest absolute Gasteiger partial charge is 0.251 e. The van der Waals surface area contributed by atoms with Crippen LogP contribution in [0, 0.1) is 17.2 Å². The number of nitrogens with one attached hydrogen (secondary N) is 2. The van der Waals surface area contributed by atoms with Gasteiger partial charge in [-0.25, -0.2) is 0 Å². The van der Waals surface area contributed by atoms with Crippen molar-refractivity contribution in [3.05, 3.63) is 47.0 Å². The van der Waals surface area contributed by atoms with E-state index in [9.17, 15) is 9.59 Å². The number of ether oxygens (including phenoxy) is 2. The Labute approximate surface area is 187 Å². The highest BCUT2D eigenvalue weighted by Gasteiger charge is 2.23. The number of nitrogens with zero attached hydrogens (tertiary/aromatic N) is 1. The second-order valence-electron chi connectivity index (χ2n) is 7.26. The van der Waals surface area contributed by atoms with Crippen LogP contribution in [0.3, 0.4) is 0 Å². The summed E-state index contributed by atoms with van der Waals surface area (Å²) in [6, 6.07) is 11.4. The van der Waals surface area contributed by atoms with E-state index in [1.165, 1.54) is 6.07 Å². The summed E-state index contributed by atoms with van der Waals surface area (Å²) in [5.41, 5.74) is 1.64. The molecule has 2 rings (SSSR count). The molecule has 1 atom stereocenters. The van der Waals surface area contributed by atoms with E-state index in [-0.39, 0.29) is 12.5 Å². The van der Waals surface area contributed by atoms with E-state index < -0.39 is 17.9 Å². The summed E-state index contributed by atoms with van der Waals surface area (Å²) in [6.45, 7) is 3.77. The van der Waals surface area contributed by atoms with Gasteiger partial charge in [0, 0.05) is 16.1 Å². The predicted molar refractivity (Wildman–Crippen MR) is 119 cm³/mol. The van der Waals surface area contributed by atoms with E-state index in [1.807, 2.05) is 26.0 Å². The summed E-state index contributed by atoms with van der Waals surface area (Å²) in [7, 11) is 3.11. The van der Waals surface area contributed by atoms with Gasteiger partial charge in [-0.3, -0.25) is 9.59 Å². The molecule has 0 aliphatic carbocycles. The summed E-state index contributed by atoms with van der Waals surface area (Å²) >= 11 is 6.51. The second-order valence-corrected chi connectivity index (χ2v) is 7.67. The number of nitriles is 1. The van der Waals surface area contributed by atoms with Gasteiger partial charge in [0.25, 0.3) is 5.91 Å². The molecule has 0 heterocycles. The van der Waals surface area contributed by atoms with Gasteiger partial charge in [0.1, 0.15) is 24.1 Å². The summed E-state index contributed by atoms with van der Waals surface area (Å²) < 4.78 is 10.9. The molecule has 0 aliphatic rings. The first-order chi connectivity index (χ1) is 14.8. The fourth-order valence-corrected chi connectivity index (χ4v) is 3.45. The van der Waals surface area contributed by atoms with Gasteiger partial charge >= 0.3 is 0 Å². The van der Waals surface area contributed by atoms with Crippen LogP contribution >= 0.6 is 11.6 Å². The summed E-state index contributed by atoms with van der Waals surface area (Å²) in [4.78, 5) is 25.1. The Balaban J connectivity index is 2.31. The fourth-order valence-electron chi connectivity index (χ4n) is 3.17. The van der Waals surface area contributed by atoms with Crippen molar-refractivity contribution < 1.29 is 19.1 Å². The molecule has 164 valence electrons. The lowest BCUT2D eigenvalue weighted by Gasteiger charge is -2.20. The number of halogens is 1. The predicted octanol–water partition coefficient (Wildman–Crippen LogP) is 3.81. The van der Waals surface area contributed by atoms with Crippen LogP contribution in [0.2, 0.25) is 5.02 Å². The van der Waals surface area contributed by atoms with Gasteiger partial charge in [-0.2, -0.15) is 5.26 Å². The molecule has 0 bridgehead atoms. The van der Waals surface area contributed by atoms with Crippen LogP contribution < -0.4 is 20.1 Å². The Hall–Kier alpha value is -3.24. The van der Waals surface area contributed by atoms with E-state index in [1.54, 1.807) is 38.5 Å². The first-order valence-corrected chi connectivity index (χ1v) is 10.2. The molecule has 0 saturated heterocycles. The number of amides is 2. The third-order valence-corrected chi connectivity index (χ3v) is 4.91. The molecule has 31 heavy (non-hydrogen) atoms. The second kappa shape index (κ2) is 11.2. The molecule has 2 amide bonds. The third kappa shape index (κ3) is 6.12. The van der Waals surface area contributed by atoms with Crippen molar-refractivity contribution in [3.63, 3.8) is 0 Å². The Kier molecular flexibility index (Phi) is 8.71. The van der Waals surface area contributed by atoms with Crippen molar-refractivity contribution >= 4 is 23.4 Å². The van der Waals surface area contributed by atoms with Crippen molar-refractivity contribution in [2.24, 2.45) is 5.92 Å². The average molecular weight is 444 g/mol. The standard InChI is InChI=1S/C23H26ClN3O4/c1-14(2)12-18(23(29)26-11-10-25)27-22(28)15-8-9-16(17(24)13-15)21-19(30-3)6-5-7-20(21)31-4/h5-9,13-14,18H,11-12H2,1-4H3,(H,26,29)(H,27,28)/t18-/m0/s1. The van der Waals surface area contributed by atoms with Gasteiger partial charge in [0.05, 0.1) is 25.9 Å². The Morgan fingerprint density at radius 2 is 1.77 bits per heavy atom. The summed E-state index contributed by atoms with van der Waals surface area (Å²) in [5, 5.41) is 14.2. The minimum Gasteiger partial charge on any atom is -0.496 e. The molecule has 0 saturated carbocycles. The minimum atomic E-state index is -0.756. The van der Waals surface area contributed by atoms with E-state index in [2.05, 4.69) is 10.6 Å². The van der Waals surface area contributed by atoms with Crippen LogP contribution in [0.15, 0.2) is 36.4 Å². The summed E-state index contributed by atoms with van der Waals surface area (Å²) in [6.07, 6.45) is 0.438. The van der Waals surface area contributed by atoms with Gasteiger partial charge in [-0.05, 0) is 36.6 Å². The van der Waals surface area contributed by atoms with Gasteiger partial charge in [-0.1, -0.05) is 37.6 Å². The molecule has 0 aromatic heterocycles. The van der Waals surface area contributed by atoms with E-state index in [0.717, 1.165) is 0 Å². The zero-order valence-corrected chi connectivity index (χ0v) is 18.7. The zero-order valence-electron chi connectivity index (χ0n) is 18.0. The Morgan fingerprint density at radius 3 is 2.29 bits per heavy atom. The normalized spacial score (nSPS) is 11.4. The first kappa shape index (κ1) is 24.0. The van der Waals surface area contributed by atoms with E-state index in [0.29, 0.717) is 39.6 Å². The molecule has 0 fully saturated rings. The summed E-state index contributed by atoms with van der Waals surface area (Å²) in [5.74, 6) is 0.514. The van der Waals surface area contributed by atoms with Crippen LogP contribution in [0.5, 0.6) is 11.5 Å². The molecule has 0 radical (unpaired) electrons. The van der Waals surface area contributed by atoms with Gasteiger partial charge in [0.2, 0.25) is 5.91 Å². The number of benzene rings is 2. The van der Waals surface area contributed by atoms with Crippen molar-refractivity contribution in [1.29, 1.82) is 5.26 Å². The Morgan fingerprint density at radius 1 is 1.13 bits per heavy atom. The third-order valence-electron chi connectivity index (χ3n) is 4.60. The molecule has 0 spiro atoms. The lowest BCUT2D eigenvalue weighted by molar-refractivity contribution is -0.123. The highest BCUT2D eigenvalue weighted by atomic mass is 35.5. The Bertz CT molecular complexity index is 963. The topological polar surface area (TPSA) is 100 Å². The molecular formula is C23H26ClN3O4. The number of rotatable bonds is 9. The van der Waals surface area contributed by atoms with E-state index >= 15 is 0 Å². The molecular weight excluding hydrogens is 418 g/mol. The molecule has 2 aromatic carbocycles. The maximum absolute atomic E-state index is 12.8. The SMILES string of the molecule is COc1cccc(OC)c1-c1ccc(C(=O)N[C@@H](CC(C)C)C(=O)NCC#N)cc1Cl. The van der Waals surface area contributed by atoms with Crippen molar-refractivity contribution in [2.45, 2.75) is 26.3 Å². The highest BCUT2D eigenvalue weighted by molar-refractivity contribution is 6.34.